The first-order chi connectivity index (χ1) is 7.35. The van der Waals surface area contributed by atoms with Gasteiger partial charge in [-0.2, -0.15) is 0 Å². The van der Waals surface area contributed by atoms with Crippen LogP contribution in [-0.2, 0) is 4.74 Å². The Kier molecular flexibility index (Phi) is 4.00. The van der Waals surface area contributed by atoms with Crippen molar-refractivity contribution >= 4 is 0 Å². The number of rotatable bonds is 4. The summed E-state index contributed by atoms with van der Waals surface area (Å²) < 4.78 is 5.42. The van der Waals surface area contributed by atoms with Crippen LogP contribution in [0.5, 0.6) is 0 Å². The first-order valence-electron chi connectivity index (χ1n) is 6.36. The normalized spacial score (nSPS) is 27.0. The first-order valence-corrected chi connectivity index (χ1v) is 6.36. The molecule has 0 unspecified atom stereocenters. The van der Waals surface area contributed by atoms with Crippen molar-refractivity contribution in [3.63, 3.8) is 0 Å². The van der Waals surface area contributed by atoms with Gasteiger partial charge in [-0.15, -0.1) is 0 Å². The van der Waals surface area contributed by atoms with E-state index in [0.29, 0.717) is 5.41 Å². The molecule has 88 valence electrons. The summed E-state index contributed by atoms with van der Waals surface area (Å²) in [6.45, 7) is 3.68. The van der Waals surface area contributed by atoms with Gasteiger partial charge in [-0.3, -0.25) is 0 Å². The fraction of sp³-hybridized carbons (Fsp3) is 1.00. The molecule has 1 saturated heterocycles. The zero-order valence-corrected chi connectivity index (χ0v) is 9.63. The quantitative estimate of drug-likeness (QED) is 0.738. The summed E-state index contributed by atoms with van der Waals surface area (Å²) in [6, 6.07) is 0.760. The van der Waals surface area contributed by atoms with Crippen molar-refractivity contribution < 1.29 is 4.74 Å². The number of nitrogens with two attached hydrogens (primary N) is 1. The minimum atomic E-state index is 0.320. The van der Waals surface area contributed by atoms with E-state index < -0.39 is 0 Å². The fourth-order valence-corrected chi connectivity index (χ4v) is 2.75. The maximum Gasteiger partial charge on any atom is 0.0472 e. The largest absolute Gasteiger partial charge is 0.381 e. The van der Waals surface area contributed by atoms with Crippen LogP contribution in [0.3, 0.4) is 0 Å². The van der Waals surface area contributed by atoms with E-state index in [1.54, 1.807) is 0 Å². The molecule has 0 aromatic carbocycles. The third-order valence-corrected chi connectivity index (χ3v) is 4.11. The summed E-state index contributed by atoms with van der Waals surface area (Å²) in [5.41, 5.74) is 6.25. The van der Waals surface area contributed by atoms with Crippen LogP contribution in [0.2, 0.25) is 0 Å². The Morgan fingerprint density at radius 2 is 1.87 bits per heavy atom. The molecule has 2 fully saturated rings. The molecule has 2 rings (SSSR count). The molecule has 0 aromatic rings. The van der Waals surface area contributed by atoms with Gasteiger partial charge in [0.05, 0.1) is 0 Å². The molecule has 1 aliphatic heterocycles. The van der Waals surface area contributed by atoms with Crippen LogP contribution in [-0.4, -0.2) is 32.3 Å². The zero-order chi connectivity index (χ0) is 10.6. The number of hydrogen-bond donors (Lipinski definition) is 2. The van der Waals surface area contributed by atoms with Gasteiger partial charge in [0.1, 0.15) is 0 Å². The molecule has 3 N–H and O–H groups in total. The molecule has 3 nitrogen and oxygen atoms in total. The van der Waals surface area contributed by atoms with Gasteiger partial charge in [-0.05, 0) is 37.6 Å². The topological polar surface area (TPSA) is 47.3 Å². The maximum atomic E-state index is 5.93. The molecule has 15 heavy (non-hydrogen) atoms. The molecule has 0 bridgehead atoms. The Balaban J connectivity index is 1.78. The number of hydrogen-bond acceptors (Lipinski definition) is 3. The van der Waals surface area contributed by atoms with Crippen LogP contribution >= 0.6 is 0 Å². The highest BCUT2D eigenvalue weighted by Gasteiger charge is 2.31. The third kappa shape index (κ3) is 2.92. The number of ether oxygens (including phenoxy) is 1. The van der Waals surface area contributed by atoms with Crippen molar-refractivity contribution in [2.75, 3.05) is 26.3 Å². The lowest BCUT2D eigenvalue weighted by Crippen LogP contribution is -2.46. The van der Waals surface area contributed by atoms with Gasteiger partial charge in [-0.1, -0.05) is 12.8 Å². The van der Waals surface area contributed by atoms with Gasteiger partial charge in [0.25, 0.3) is 0 Å². The smallest absolute Gasteiger partial charge is 0.0472 e. The fourth-order valence-electron chi connectivity index (χ4n) is 2.75. The molecule has 1 aliphatic carbocycles. The highest BCUT2D eigenvalue weighted by Crippen LogP contribution is 2.29. The summed E-state index contributed by atoms with van der Waals surface area (Å²) in [6.07, 6.45) is 7.77. The van der Waals surface area contributed by atoms with Crippen molar-refractivity contribution in [3.8, 4) is 0 Å². The summed E-state index contributed by atoms with van der Waals surface area (Å²) in [5.74, 6) is 0. The molecule has 0 aromatic heterocycles. The van der Waals surface area contributed by atoms with Crippen LogP contribution in [0.15, 0.2) is 0 Å². The van der Waals surface area contributed by atoms with Crippen LogP contribution < -0.4 is 11.1 Å². The van der Waals surface area contributed by atoms with Gasteiger partial charge in [0, 0.05) is 25.8 Å². The Morgan fingerprint density at radius 3 is 2.47 bits per heavy atom. The molecule has 1 heterocycles. The minimum Gasteiger partial charge on any atom is -0.381 e. The van der Waals surface area contributed by atoms with Crippen molar-refractivity contribution in [2.45, 2.75) is 44.6 Å². The van der Waals surface area contributed by atoms with E-state index in [-0.39, 0.29) is 0 Å². The lowest BCUT2D eigenvalue weighted by Gasteiger charge is -2.37. The highest BCUT2D eigenvalue weighted by atomic mass is 16.5. The average Bonchev–Trinajstić information content (AvgIpc) is 2.81. The van der Waals surface area contributed by atoms with Gasteiger partial charge >= 0.3 is 0 Å². The first kappa shape index (κ1) is 11.4. The monoisotopic (exact) mass is 212 g/mol. The van der Waals surface area contributed by atoms with E-state index in [2.05, 4.69) is 5.32 Å². The molecule has 0 atom stereocenters. The van der Waals surface area contributed by atoms with Crippen LogP contribution in [0.25, 0.3) is 0 Å². The molecule has 0 spiro atoms. The molecular formula is C12H24N2O. The van der Waals surface area contributed by atoms with E-state index in [4.69, 9.17) is 10.5 Å². The third-order valence-electron chi connectivity index (χ3n) is 4.11. The van der Waals surface area contributed by atoms with Crippen molar-refractivity contribution in [3.05, 3.63) is 0 Å². The average molecular weight is 212 g/mol. The Labute approximate surface area is 92.7 Å². The Morgan fingerprint density at radius 1 is 1.20 bits per heavy atom. The van der Waals surface area contributed by atoms with Crippen LogP contribution in [0.1, 0.15) is 38.5 Å². The van der Waals surface area contributed by atoms with E-state index in [0.717, 1.165) is 45.2 Å². The van der Waals surface area contributed by atoms with Crippen molar-refractivity contribution in [1.82, 2.24) is 5.32 Å². The second-order valence-electron chi connectivity index (χ2n) is 5.18. The van der Waals surface area contributed by atoms with Crippen LogP contribution in [0, 0.1) is 5.41 Å². The summed E-state index contributed by atoms with van der Waals surface area (Å²) in [7, 11) is 0. The van der Waals surface area contributed by atoms with Gasteiger partial charge < -0.3 is 15.8 Å². The second-order valence-corrected chi connectivity index (χ2v) is 5.18. The zero-order valence-electron chi connectivity index (χ0n) is 9.63. The van der Waals surface area contributed by atoms with E-state index >= 15 is 0 Å². The number of nitrogens with one attached hydrogen (secondary N) is 1. The lowest BCUT2D eigenvalue weighted by atomic mass is 9.80. The summed E-state index contributed by atoms with van der Waals surface area (Å²) in [5, 5.41) is 3.71. The van der Waals surface area contributed by atoms with Gasteiger partial charge in [0.2, 0.25) is 0 Å². The highest BCUT2D eigenvalue weighted by molar-refractivity contribution is 4.87. The standard InChI is InChI=1S/C12H24N2O/c13-9-12(5-7-15-8-6-12)10-14-11-3-1-2-4-11/h11,14H,1-10,13H2. The molecule has 0 amide bonds. The van der Waals surface area contributed by atoms with Crippen molar-refractivity contribution in [1.29, 1.82) is 0 Å². The van der Waals surface area contributed by atoms with Gasteiger partial charge in [-0.25, -0.2) is 0 Å². The van der Waals surface area contributed by atoms with Gasteiger partial charge in [0.15, 0.2) is 0 Å². The van der Waals surface area contributed by atoms with E-state index in [1.165, 1.54) is 25.7 Å². The molecule has 1 saturated carbocycles. The van der Waals surface area contributed by atoms with Crippen LogP contribution in [0.4, 0.5) is 0 Å². The van der Waals surface area contributed by atoms with E-state index in [1.807, 2.05) is 0 Å². The van der Waals surface area contributed by atoms with Crippen molar-refractivity contribution in [2.24, 2.45) is 11.1 Å². The molecule has 3 heteroatoms. The van der Waals surface area contributed by atoms with E-state index in [9.17, 15) is 0 Å². The predicted octanol–water partition coefficient (Wildman–Crippen LogP) is 1.27. The molecular weight excluding hydrogens is 188 g/mol. The summed E-state index contributed by atoms with van der Waals surface area (Å²) in [4.78, 5) is 0. The predicted molar refractivity (Wildman–Crippen MR) is 61.8 cm³/mol. The minimum absolute atomic E-state index is 0.320. The second kappa shape index (κ2) is 5.28. The Hall–Kier alpha value is -0.120. The lowest BCUT2D eigenvalue weighted by molar-refractivity contribution is 0.0180. The molecule has 2 aliphatic rings. The molecule has 0 radical (unpaired) electrons. The maximum absolute atomic E-state index is 5.93. The summed E-state index contributed by atoms with van der Waals surface area (Å²) >= 11 is 0. The SMILES string of the molecule is NCC1(CNC2CCCC2)CCOCC1. The Bertz CT molecular complexity index is 184.